The van der Waals surface area contributed by atoms with Crippen LogP contribution in [0.4, 0.5) is 5.69 Å². The first kappa shape index (κ1) is 19.7. The van der Waals surface area contributed by atoms with Gasteiger partial charge >= 0.3 is 0 Å². The highest BCUT2D eigenvalue weighted by Gasteiger charge is 2.29. The minimum Gasteiger partial charge on any atom is -0.333 e. The number of carbonyl (C=O) groups excluding carboxylic acids is 2. The summed E-state index contributed by atoms with van der Waals surface area (Å²) in [6, 6.07) is 12.2. The Morgan fingerprint density at radius 3 is 2.22 bits per heavy atom. The van der Waals surface area contributed by atoms with Gasteiger partial charge in [-0.25, -0.2) is 0 Å². The number of hydrogen-bond acceptors (Lipinski definition) is 2. The second kappa shape index (κ2) is 8.32. The summed E-state index contributed by atoms with van der Waals surface area (Å²) in [5, 5.41) is 3.55. The summed E-state index contributed by atoms with van der Waals surface area (Å²) in [4.78, 5) is 27.2. The monoisotopic (exact) mass is 404 g/mol. The maximum absolute atomic E-state index is 12.9. The quantitative estimate of drug-likeness (QED) is 0.718. The van der Waals surface area contributed by atoms with E-state index in [4.69, 9.17) is 23.2 Å². The number of halogens is 2. The zero-order valence-corrected chi connectivity index (χ0v) is 16.8. The largest absolute Gasteiger partial charge is 0.333 e. The number of nitrogens with zero attached hydrogens (tertiary/aromatic N) is 1. The van der Waals surface area contributed by atoms with Crippen molar-refractivity contribution in [2.75, 3.05) is 5.32 Å². The van der Waals surface area contributed by atoms with Gasteiger partial charge in [-0.1, -0.05) is 23.2 Å². The van der Waals surface area contributed by atoms with Crippen molar-refractivity contribution in [1.82, 2.24) is 4.90 Å². The number of nitrogens with one attached hydrogen (secondary N) is 1. The van der Waals surface area contributed by atoms with E-state index in [2.05, 4.69) is 19.2 Å². The minimum atomic E-state index is -0.325. The molecule has 0 bridgehead atoms. The van der Waals surface area contributed by atoms with Crippen molar-refractivity contribution < 1.29 is 9.59 Å². The molecule has 1 heterocycles. The van der Waals surface area contributed by atoms with Gasteiger partial charge in [0.05, 0.1) is 10.6 Å². The maximum atomic E-state index is 12.9. The third-order valence-corrected chi connectivity index (χ3v) is 5.54. The Morgan fingerprint density at radius 2 is 1.63 bits per heavy atom. The molecule has 0 unspecified atom stereocenters. The number of hydrogen-bond donors (Lipinski definition) is 1. The third kappa shape index (κ3) is 4.45. The van der Waals surface area contributed by atoms with Crippen LogP contribution >= 0.6 is 23.2 Å². The van der Waals surface area contributed by atoms with E-state index in [1.807, 2.05) is 4.90 Å². The molecule has 27 heavy (non-hydrogen) atoms. The first-order valence-electron chi connectivity index (χ1n) is 9.06. The van der Waals surface area contributed by atoms with Crippen LogP contribution in [-0.4, -0.2) is 28.8 Å². The van der Waals surface area contributed by atoms with Crippen LogP contribution < -0.4 is 5.32 Å². The Morgan fingerprint density at radius 1 is 1.00 bits per heavy atom. The topological polar surface area (TPSA) is 49.4 Å². The summed E-state index contributed by atoms with van der Waals surface area (Å²) in [6.07, 6.45) is 3.22. The molecule has 0 aromatic heterocycles. The standard InChI is InChI=1S/C21H22Cl2N2O2/c1-13-4-3-5-14(2)25(13)21(27)15-6-9-17(10-7-15)24-20(26)18-11-8-16(22)12-19(18)23/h6-14H,3-5H2,1-2H3,(H,24,26)/t13-,14+. The van der Waals surface area contributed by atoms with Crippen molar-refractivity contribution in [3.8, 4) is 0 Å². The van der Waals surface area contributed by atoms with E-state index in [0.717, 1.165) is 19.3 Å². The summed E-state index contributed by atoms with van der Waals surface area (Å²) in [5.41, 5.74) is 1.57. The molecule has 2 aromatic rings. The summed E-state index contributed by atoms with van der Waals surface area (Å²) < 4.78 is 0. The average molecular weight is 405 g/mol. The predicted octanol–water partition coefficient (Wildman–Crippen LogP) is 5.65. The Hall–Kier alpha value is -2.04. The van der Waals surface area contributed by atoms with E-state index in [-0.39, 0.29) is 23.9 Å². The molecule has 0 spiro atoms. The van der Waals surface area contributed by atoms with E-state index >= 15 is 0 Å². The van der Waals surface area contributed by atoms with Gasteiger partial charge in [0, 0.05) is 28.4 Å². The van der Waals surface area contributed by atoms with Gasteiger partial charge in [0.1, 0.15) is 0 Å². The molecule has 0 radical (unpaired) electrons. The van der Waals surface area contributed by atoms with Crippen LogP contribution in [0.25, 0.3) is 0 Å². The highest BCUT2D eigenvalue weighted by molar-refractivity contribution is 6.37. The second-order valence-corrected chi connectivity index (χ2v) is 7.84. The van der Waals surface area contributed by atoms with Crippen LogP contribution in [0.2, 0.25) is 10.0 Å². The number of amides is 2. The molecule has 1 fully saturated rings. The molecule has 0 aliphatic carbocycles. The molecule has 1 aliphatic heterocycles. The van der Waals surface area contributed by atoms with Gasteiger partial charge in [0.15, 0.2) is 0 Å². The molecule has 3 rings (SSSR count). The SMILES string of the molecule is C[C@@H]1CCC[C@H](C)N1C(=O)c1ccc(NC(=O)c2ccc(Cl)cc2Cl)cc1. The number of piperidine rings is 1. The van der Waals surface area contributed by atoms with Crippen LogP contribution in [0, 0.1) is 0 Å². The van der Waals surface area contributed by atoms with Crippen LogP contribution in [0.1, 0.15) is 53.8 Å². The van der Waals surface area contributed by atoms with E-state index in [0.29, 0.717) is 26.9 Å². The van der Waals surface area contributed by atoms with E-state index < -0.39 is 0 Å². The maximum Gasteiger partial charge on any atom is 0.257 e. The Bertz CT molecular complexity index is 842. The number of carbonyl (C=O) groups is 2. The fourth-order valence-corrected chi connectivity index (χ4v) is 4.03. The molecule has 2 amide bonds. The third-order valence-electron chi connectivity index (χ3n) is 4.99. The molecular weight excluding hydrogens is 383 g/mol. The smallest absolute Gasteiger partial charge is 0.257 e. The van der Waals surface area contributed by atoms with Gasteiger partial charge in [-0.15, -0.1) is 0 Å². The molecule has 1 aliphatic rings. The van der Waals surface area contributed by atoms with Crippen molar-refractivity contribution in [2.45, 2.75) is 45.2 Å². The molecule has 4 nitrogen and oxygen atoms in total. The lowest BCUT2D eigenvalue weighted by molar-refractivity contribution is 0.0510. The average Bonchev–Trinajstić information content (AvgIpc) is 2.62. The van der Waals surface area contributed by atoms with Gasteiger partial charge in [0.2, 0.25) is 0 Å². The lowest BCUT2D eigenvalue weighted by atomic mass is 9.96. The molecule has 6 heteroatoms. The highest BCUT2D eigenvalue weighted by Crippen LogP contribution is 2.26. The van der Waals surface area contributed by atoms with Gasteiger partial charge in [0.25, 0.3) is 11.8 Å². The number of likely N-dealkylation sites (tertiary alicyclic amines) is 1. The first-order chi connectivity index (χ1) is 12.9. The number of rotatable bonds is 3. The lowest BCUT2D eigenvalue weighted by Crippen LogP contribution is -2.47. The fraction of sp³-hybridized carbons (Fsp3) is 0.333. The van der Waals surface area contributed by atoms with Crippen LogP contribution in [0.15, 0.2) is 42.5 Å². The molecule has 2 atom stereocenters. The van der Waals surface area contributed by atoms with Crippen molar-refractivity contribution >= 4 is 40.7 Å². The Labute approximate surface area is 169 Å². The zero-order chi connectivity index (χ0) is 19.6. The molecule has 142 valence electrons. The fourth-order valence-electron chi connectivity index (χ4n) is 3.54. The van der Waals surface area contributed by atoms with E-state index in [1.165, 1.54) is 6.07 Å². The number of anilines is 1. The first-order valence-corrected chi connectivity index (χ1v) is 9.81. The van der Waals surface area contributed by atoms with Crippen molar-refractivity contribution in [1.29, 1.82) is 0 Å². The highest BCUT2D eigenvalue weighted by atomic mass is 35.5. The van der Waals surface area contributed by atoms with Crippen LogP contribution in [0.3, 0.4) is 0 Å². The summed E-state index contributed by atoms with van der Waals surface area (Å²) in [6.45, 7) is 4.19. The molecular formula is C21H22Cl2N2O2. The van der Waals surface area contributed by atoms with Crippen molar-refractivity contribution in [2.24, 2.45) is 0 Å². The van der Waals surface area contributed by atoms with Gasteiger partial charge in [-0.3, -0.25) is 9.59 Å². The zero-order valence-electron chi connectivity index (χ0n) is 15.3. The molecule has 1 N–H and O–H groups in total. The summed E-state index contributed by atoms with van der Waals surface area (Å²) in [7, 11) is 0. The Kier molecular flexibility index (Phi) is 6.08. The molecule has 2 aromatic carbocycles. The van der Waals surface area contributed by atoms with Crippen LogP contribution in [-0.2, 0) is 0 Å². The van der Waals surface area contributed by atoms with E-state index in [9.17, 15) is 9.59 Å². The molecule has 1 saturated heterocycles. The minimum absolute atomic E-state index is 0.0355. The molecule has 0 saturated carbocycles. The van der Waals surface area contributed by atoms with Gasteiger partial charge in [-0.2, -0.15) is 0 Å². The predicted molar refractivity (Wildman–Crippen MR) is 110 cm³/mol. The summed E-state index contributed by atoms with van der Waals surface area (Å²) in [5.74, 6) is -0.289. The normalized spacial score (nSPS) is 19.6. The van der Waals surface area contributed by atoms with Gasteiger partial charge in [-0.05, 0) is 75.6 Å². The van der Waals surface area contributed by atoms with E-state index in [1.54, 1.807) is 36.4 Å². The second-order valence-electron chi connectivity index (χ2n) is 7.00. The van der Waals surface area contributed by atoms with Crippen molar-refractivity contribution in [3.63, 3.8) is 0 Å². The Balaban J connectivity index is 1.71. The van der Waals surface area contributed by atoms with Crippen molar-refractivity contribution in [3.05, 3.63) is 63.6 Å². The van der Waals surface area contributed by atoms with Gasteiger partial charge < -0.3 is 10.2 Å². The summed E-state index contributed by atoms with van der Waals surface area (Å²) >= 11 is 11.9. The number of benzene rings is 2. The lowest BCUT2D eigenvalue weighted by Gasteiger charge is -2.39. The van der Waals surface area contributed by atoms with Crippen LogP contribution in [0.5, 0.6) is 0 Å².